The molecule has 1 aliphatic rings. The van der Waals surface area contributed by atoms with Crippen LogP contribution in [0.15, 0.2) is 24.3 Å². The standard InChI is InChI=1S/C16H25NO/c1-12-9-10-18-15(11-17-12)13-5-7-14(8-6-13)16(2,3)4/h5-8,12,15,17H,9-11H2,1-4H3. The Kier molecular flexibility index (Phi) is 4.08. The second kappa shape index (κ2) is 5.41. The molecule has 2 atom stereocenters. The molecule has 2 rings (SSSR count). The molecule has 1 N–H and O–H groups in total. The fraction of sp³-hybridized carbons (Fsp3) is 0.625. The molecule has 1 heterocycles. The van der Waals surface area contributed by atoms with E-state index in [1.165, 1.54) is 11.1 Å². The van der Waals surface area contributed by atoms with Gasteiger partial charge in [0.15, 0.2) is 0 Å². The highest BCUT2D eigenvalue weighted by atomic mass is 16.5. The fourth-order valence-corrected chi connectivity index (χ4v) is 2.27. The van der Waals surface area contributed by atoms with Gasteiger partial charge in [0.25, 0.3) is 0 Å². The lowest BCUT2D eigenvalue weighted by molar-refractivity contribution is 0.0664. The first-order valence-corrected chi connectivity index (χ1v) is 6.92. The second-order valence-corrected chi connectivity index (χ2v) is 6.33. The van der Waals surface area contributed by atoms with Gasteiger partial charge in [-0.15, -0.1) is 0 Å². The normalized spacial score (nSPS) is 25.8. The van der Waals surface area contributed by atoms with Crippen LogP contribution in [0.3, 0.4) is 0 Å². The first-order chi connectivity index (χ1) is 8.47. The van der Waals surface area contributed by atoms with Gasteiger partial charge in [0.2, 0.25) is 0 Å². The van der Waals surface area contributed by atoms with E-state index in [1.807, 2.05) is 0 Å². The highest BCUT2D eigenvalue weighted by Gasteiger charge is 2.19. The quantitative estimate of drug-likeness (QED) is 0.821. The first kappa shape index (κ1) is 13.6. The van der Waals surface area contributed by atoms with Gasteiger partial charge in [0.1, 0.15) is 0 Å². The largest absolute Gasteiger partial charge is 0.372 e. The number of hydrogen-bond donors (Lipinski definition) is 1. The lowest BCUT2D eigenvalue weighted by Crippen LogP contribution is -2.27. The maximum Gasteiger partial charge on any atom is 0.0949 e. The summed E-state index contributed by atoms with van der Waals surface area (Å²) < 4.78 is 5.92. The molecule has 1 saturated heterocycles. The number of ether oxygens (including phenoxy) is 1. The molecule has 0 spiro atoms. The van der Waals surface area contributed by atoms with Gasteiger partial charge in [-0.1, -0.05) is 45.0 Å². The van der Waals surface area contributed by atoms with Crippen LogP contribution in [0.1, 0.15) is 51.3 Å². The molecule has 0 radical (unpaired) electrons. The van der Waals surface area contributed by atoms with E-state index in [-0.39, 0.29) is 11.5 Å². The van der Waals surface area contributed by atoms with Crippen molar-refractivity contribution in [3.63, 3.8) is 0 Å². The summed E-state index contributed by atoms with van der Waals surface area (Å²) >= 11 is 0. The molecule has 0 bridgehead atoms. The molecule has 1 aliphatic heterocycles. The summed E-state index contributed by atoms with van der Waals surface area (Å²) in [5.41, 5.74) is 2.88. The van der Waals surface area contributed by atoms with Gasteiger partial charge in [-0.2, -0.15) is 0 Å². The summed E-state index contributed by atoms with van der Waals surface area (Å²) in [6.07, 6.45) is 1.29. The Morgan fingerprint density at radius 1 is 1.17 bits per heavy atom. The van der Waals surface area contributed by atoms with E-state index in [9.17, 15) is 0 Å². The summed E-state index contributed by atoms with van der Waals surface area (Å²) in [6.45, 7) is 10.7. The Labute approximate surface area is 111 Å². The number of hydrogen-bond acceptors (Lipinski definition) is 2. The van der Waals surface area contributed by atoms with Gasteiger partial charge < -0.3 is 10.1 Å². The van der Waals surface area contributed by atoms with E-state index in [0.29, 0.717) is 6.04 Å². The molecular formula is C16H25NO. The van der Waals surface area contributed by atoms with Crippen molar-refractivity contribution in [3.8, 4) is 0 Å². The van der Waals surface area contributed by atoms with Crippen LogP contribution in [0.5, 0.6) is 0 Å². The minimum atomic E-state index is 0.198. The first-order valence-electron chi connectivity index (χ1n) is 6.92. The summed E-state index contributed by atoms with van der Waals surface area (Å²) in [4.78, 5) is 0. The molecular weight excluding hydrogens is 222 g/mol. The molecule has 0 amide bonds. The van der Waals surface area contributed by atoms with Crippen LogP contribution in [-0.4, -0.2) is 19.2 Å². The molecule has 100 valence electrons. The summed E-state index contributed by atoms with van der Waals surface area (Å²) in [5, 5.41) is 3.51. The topological polar surface area (TPSA) is 21.3 Å². The SMILES string of the molecule is CC1CCOC(c2ccc(C(C)(C)C)cc2)CN1. The lowest BCUT2D eigenvalue weighted by atomic mass is 9.86. The van der Waals surface area contributed by atoms with E-state index in [4.69, 9.17) is 4.74 Å². The maximum atomic E-state index is 5.92. The van der Waals surface area contributed by atoms with Crippen molar-refractivity contribution in [1.82, 2.24) is 5.32 Å². The lowest BCUT2D eigenvalue weighted by Gasteiger charge is -2.21. The van der Waals surface area contributed by atoms with Crippen molar-refractivity contribution < 1.29 is 4.74 Å². The Hall–Kier alpha value is -0.860. The highest BCUT2D eigenvalue weighted by Crippen LogP contribution is 2.25. The Balaban J connectivity index is 2.09. The minimum Gasteiger partial charge on any atom is -0.372 e. The summed E-state index contributed by atoms with van der Waals surface area (Å²) in [5.74, 6) is 0. The second-order valence-electron chi connectivity index (χ2n) is 6.33. The zero-order valence-electron chi connectivity index (χ0n) is 12.0. The van der Waals surface area contributed by atoms with E-state index in [2.05, 4.69) is 57.3 Å². The molecule has 2 heteroatoms. The number of benzene rings is 1. The predicted octanol–water partition coefficient (Wildman–Crippen LogP) is 3.42. The van der Waals surface area contributed by atoms with Crippen molar-refractivity contribution in [2.45, 2.75) is 51.7 Å². The van der Waals surface area contributed by atoms with Gasteiger partial charge in [-0.05, 0) is 29.9 Å². The predicted molar refractivity (Wildman–Crippen MR) is 75.9 cm³/mol. The molecule has 0 aliphatic carbocycles. The monoisotopic (exact) mass is 247 g/mol. The van der Waals surface area contributed by atoms with Crippen LogP contribution in [0, 0.1) is 0 Å². The Morgan fingerprint density at radius 3 is 2.44 bits per heavy atom. The van der Waals surface area contributed by atoms with Crippen LogP contribution in [0.25, 0.3) is 0 Å². The number of nitrogens with one attached hydrogen (secondary N) is 1. The Morgan fingerprint density at radius 2 is 1.83 bits per heavy atom. The maximum absolute atomic E-state index is 5.92. The van der Waals surface area contributed by atoms with E-state index in [1.54, 1.807) is 0 Å². The van der Waals surface area contributed by atoms with Crippen LogP contribution in [0.2, 0.25) is 0 Å². The zero-order chi connectivity index (χ0) is 13.2. The van der Waals surface area contributed by atoms with Crippen LogP contribution in [-0.2, 0) is 10.2 Å². The zero-order valence-corrected chi connectivity index (χ0v) is 12.0. The average molecular weight is 247 g/mol. The third-order valence-electron chi connectivity index (χ3n) is 3.67. The van der Waals surface area contributed by atoms with Gasteiger partial charge in [0.05, 0.1) is 6.10 Å². The number of rotatable bonds is 1. The summed E-state index contributed by atoms with van der Waals surface area (Å²) in [6, 6.07) is 9.44. The molecule has 1 fully saturated rings. The molecule has 0 saturated carbocycles. The van der Waals surface area contributed by atoms with Crippen LogP contribution < -0.4 is 5.32 Å². The Bertz CT molecular complexity index is 377. The van der Waals surface area contributed by atoms with E-state index in [0.717, 1.165) is 19.6 Å². The smallest absolute Gasteiger partial charge is 0.0949 e. The van der Waals surface area contributed by atoms with Crippen LogP contribution >= 0.6 is 0 Å². The van der Waals surface area contributed by atoms with Crippen molar-refractivity contribution in [1.29, 1.82) is 0 Å². The van der Waals surface area contributed by atoms with E-state index < -0.39 is 0 Å². The van der Waals surface area contributed by atoms with E-state index >= 15 is 0 Å². The van der Waals surface area contributed by atoms with Crippen molar-refractivity contribution in [2.24, 2.45) is 0 Å². The third kappa shape index (κ3) is 3.33. The van der Waals surface area contributed by atoms with Gasteiger partial charge in [-0.25, -0.2) is 0 Å². The van der Waals surface area contributed by atoms with Gasteiger partial charge >= 0.3 is 0 Å². The third-order valence-corrected chi connectivity index (χ3v) is 3.67. The van der Waals surface area contributed by atoms with Crippen molar-refractivity contribution >= 4 is 0 Å². The molecule has 0 aromatic heterocycles. The average Bonchev–Trinajstić information content (AvgIpc) is 2.53. The fourth-order valence-electron chi connectivity index (χ4n) is 2.27. The molecule has 1 aromatic rings. The molecule has 1 aromatic carbocycles. The summed E-state index contributed by atoms with van der Waals surface area (Å²) in [7, 11) is 0. The van der Waals surface area contributed by atoms with Gasteiger partial charge in [-0.3, -0.25) is 0 Å². The molecule has 2 nitrogen and oxygen atoms in total. The highest BCUT2D eigenvalue weighted by molar-refractivity contribution is 5.29. The molecule has 2 unspecified atom stereocenters. The molecule has 18 heavy (non-hydrogen) atoms. The van der Waals surface area contributed by atoms with Gasteiger partial charge in [0, 0.05) is 19.2 Å². The minimum absolute atomic E-state index is 0.198. The van der Waals surface area contributed by atoms with Crippen LogP contribution in [0.4, 0.5) is 0 Å². The van der Waals surface area contributed by atoms with Crippen molar-refractivity contribution in [3.05, 3.63) is 35.4 Å². The van der Waals surface area contributed by atoms with Crippen molar-refractivity contribution in [2.75, 3.05) is 13.2 Å².